The van der Waals surface area contributed by atoms with Crippen LogP contribution in [0, 0.1) is 17.4 Å². The van der Waals surface area contributed by atoms with Crippen molar-refractivity contribution in [2.24, 2.45) is 5.92 Å². The van der Waals surface area contributed by atoms with E-state index in [1.165, 1.54) is 0 Å². The number of hydrogen-bond donors (Lipinski definition) is 1. The Kier molecular flexibility index (Phi) is 9.38. The van der Waals surface area contributed by atoms with Crippen molar-refractivity contribution in [1.82, 2.24) is 0 Å². The first-order valence-electron chi connectivity index (χ1n) is 10.4. The molecule has 0 saturated carbocycles. The molecule has 154 valence electrons. The Labute approximate surface area is 166 Å². The molecule has 4 heteroatoms. The first kappa shape index (κ1) is 25.9. The SMILES string of the molecule is CC(C)[Si](C#C[C@@H](C)[C@@H](O)[C@@H](C)O[Si](C)(C)C(C)(C)C)(C(C)C)C(C)C. The molecule has 0 aromatic rings. The lowest BCUT2D eigenvalue weighted by atomic mass is 10.0. The van der Waals surface area contributed by atoms with Gasteiger partial charge in [-0.1, -0.05) is 62.3 Å². The van der Waals surface area contributed by atoms with E-state index in [1.54, 1.807) is 0 Å². The second kappa shape index (κ2) is 9.41. The quantitative estimate of drug-likeness (QED) is 0.386. The van der Waals surface area contributed by atoms with E-state index in [0.717, 1.165) is 0 Å². The monoisotopic (exact) mass is 398 g/mol. The molecule has 0 fully saturated rings. The molecule has 2 nitrogen and oxygen atoms in total. The lowest BCUT2D eigenvalue weighted by molar-refractivity contribution is 0.0190. The van der Waals surface area contributed by atoms with Crippen LogP contribution < -0.4 is 0 Å². The first-order chi connectivity index (χ1) is 11.5. The number of aliphatic hydroxyl groups is 1. The summed E-state index contributed by atoms with van der Waals surface area (Å²) in [5.74, 6) is 3.40. The Balaban J connectivity index is 5.45. The van der Waals surface area contributed by atoms with Gasteiger partial charge in [-0.25, -0.2) is 0 Å². The van der Waals surface area contributed by atoms with Crippen LogP contribution in [0.4, 0.5) is 0 Å². The standard InChI is InChI=1S/C22H46O2Si2/c1-16(2)26(17(3)4,18(5)6)15-14-19(7)21(23)20(8)24-25(12,13)22(9,10)11/h16-21,23H,1-13H3/t19-,20-,21-/m1/s1. The van der Waals surface area contributed by atoms with Crippen LogP contribution in [0.3, 0.4) is 0 Å². The fraction of sp³-hybridized carbons (Fsp3) is 0.909. The van der Waals surface area contributed by atoms with E-state index >= 15 is 0 Å². The Hall–Kier alpha value is -0.0862. The van der Waals surface area contributed by atoms with Gasteiger partial charge in [-0.3, -0.25) is 0 Å². The zero-order valence-corrected chi connectivity index (χ0v) is 21.8. The molecule has 0 amide bonds. The molecule has 0 saturated heterocycles. The van der Waals surface area contributed by atoms with Crippen LogP contribution in [-0.2, 0) is 4.43 Å². The minimum Gasteiger partial charge on any atom is -0.412 e. The third kappa shape index (κ3) is 5.96. The molecule has 0 aliphatic carbocycles. The van der Waals surface area contributed by atoms with Crippen molar-refractivity contribution in [2.75, 3.05) is 0 Å². The Bertz CT molecular complexity index is 471. The predicted octanol–water partition coefficient (Wildman–Crippen LogP) is 6.62. The second-order valence-electron chi connectivity index (χ2n) is 10.5. The highest BCUT2D eigenvalue weighted by molar-refractivity contribution is 6.90. The summed E-state index contributed by atoms with van der Waals surface area (Å²) < 4.78 is 6.39. The summed E-state index contributed by atoms with van der Waals surface area (Å²) in [4.78, 5) is 0. The van der Waals surface area contributed by atoms with Crippen LogP contribution in [0.2, 0.25) is 34.8 Å². The maximum absolute atomic E-state index is 10.8. The van der Waals surface area contributed by atoms with E-state index < -0.39 is 22.5 Å². The van der Waals surface area contributed by atoms with E-state index in [4.69, 9.17) is 4.43 Å². The molecule has 0 aliphatic rings. The van der Waals surface area contributed by atoms with Crippen molar-refractivity contribution in [2.45, 2.75) is 123 Å². The molecule has 0 rings (SSSR count). The van der Waals surface area contributed by atoms with Gasteiger partial charge in [0.05, 0.1) is 12.2 Å². The van der Waals surface area contributed by atoms with Crippen molar-refractivity contribution < 1.29 is 9.53 Å². The summed E-state index contributed by atoms with van der Waals surface area (Å²) in [5, 5.41) is 11.0. The van der Waals surface area contributed by atoms with Crippen molar-refractivity contribution in [3.05, 3.63) is 0 Å². The largest absolute Gasteiger partial charge is 0.412 e. The van der Waals surface area contributed by atoms with E-state index in [9.17, 15) is 5.11 Å². The molecule has 0 heterocycles. The van der Waals surface area contributed by atoms with Gasteiger partial charge in [-0.15, -0.1) is 11.5 Å². The van der Waals surface area contributed by atoms with Gasteiger partial charge in [-0.2, -0.15) is 0 Å². The summed E-state index contributed by atoms with van der Waals surface area (Å²) >= 11 is 0. The van der Waals surface area contributed by atoms with Gasteiger partial charge in [0.25, 0.3) is 0 Å². The molecule has 0 bridgehead atoms. The van der Waals surface area contributed by atoms with Crippen molar-refractivity contribution in [3.63, 3.8) is 0 Å². The van der Waals surface area contributed by atoms with E-state index in [1.807, 2.05) is 13.8 Å². The second-order valence-corrected chi connectivity index (χ2v) is 20.9. The molecule has 0 aromatic carbocycles. The van der Waals surface area contributed by atoms with Crippen LogP contribution in [0.1, 0.15) is 76.2 Å². The lowest BCUT2D eigenvalue weighted by Gasteiger charge is -2.40. The van der Waals surface area contributed by atoms with Crippen LogP contribution >= 0.6 is 0 Å². The van der Waals surface area contributed by atoms with E-state index in [0.29, 0.717) is 16.6 Å². The normalized spacial score (nSPS) is 17.3. The molecule has 0 unspecified atom stereocenters. The summed E-state index contributed by atoms with van der Waals surface area (Å²) in [6.45, 7) is 29.2. The van der Waals surface area contributed by atoms with Gasteiger partial charge in [0.1, 0.15) is 8.07 Å². The average Bonchev–Trinajstić information content (AvgIpc) is 2.43. The maximum Gasteiger partial charge on any atom is 0.192 e. The van der Waals surface area contributed by atoms with Crippen molar-refractivity contribution >= 4 is 16.4 Å². The highest BCUT2D eigenvalue weighted by atomic mass is 28.4. The molecule has 0 aromatic heterocycles. The van der Waals surface area contributed by atoms with Gasteiger partial charge in [-0.05, 0) is 48.6 Å². The first-order valence-corrected chi connectivity index (χ1v) is 15.5. The molecule has 3 atom stereocenters. The fourth-order valence-corrected chi connectivity index (χ4v) is 10.6. The minimum absolute atomic E-state index is 0.0714. The third-order valence-electron chi connectivity index (χ3n) is 6.66. The van der Waals surface area contributed by atoms with Crippen LogP contribution in [0.15, 0.2) is 0 Å². The number of aliphatic hydroxyl groups excluding tert-OH is 1. The smallest absolute Gasteiger partial charge is 0.192 e. The number of rotatable bonds is 7. The van der Waals surface area contributed by atoms with Crippen LogP contribution in [-0.4, -0.2) is 33.7 Å². The topological polar surface area (TPSA) is 29.5 Å². The Morgan fingerprint density at radius 2 is 1.19 bits per heavy atom. The Morgan fingerprint density at radius 3 is 1.50 bits per heavy atom. The fourth-order valence-electron chi connectivity index (χ4n) is 3.87. The highest BCUT2D eigenvalue weighted by Crippen LogP contribution is 2.41. The number of hydrogen-bond acceptors (Lipinski definition) is 2. The summed E-state index contributed by atoms with van der Waals surface area (Å²) in [5.41, 5.74) is 5.58. The maximum atomic E-state index is 10.8. The zero-order chi connectivity index (χ0) is 21.1. The zero-order valence-electron chi connectivity index (χ0n) is 19.8. The highest BCUT2D eigenvalue weighted by Gasteiger charge is 2.42. The van der Waals surface area contributed by atoms with Crippen molar-refractivity contribution in [1.29, 1.82) is 0 Å². The van der Waals surface area contributed by atoms with Gasteiger partial charge in [0.15, 0.2) is 8.32 Å². The predicted molar refractivity (Wildman–Crippen MR) is 122 cm³/mol. The Morgan fingerprint density at radius 1 is 0.808 bits per heavy atom. The van der Waals surface area contributed by atoms with Crippen molar-refractivity contribution in [3.8, 4) is 11.5 Å². The minimum atomic E-state index is -1.89. The molecule has 0 radical (unpaired) electrons. The summed E-state index contributed by atoms with van der Waals surface area (Å²) in [6, 6.07) is 0. The van der Waals surface area contributed by atoms with Crippen LogP contribution in [0.5, 0.6) is 0 Å². The van der Waals surface area contributed by atoms with Gasteiger partial charge >= 0.3 is 0 Å². The van der Waals surface area contributed by atoms with E-state index in [2.05, 4.69) is 86.9 Å². The van der Waals surface area contributed by atoms with Gasteiger partial charge < -0.3 is 9.53 Å². The van der Waals surface area contributed by atoms with E-state index in [-0.39, 0.29) is 17.1 Å². The molecule has 26 heavy (non-hydrogen) atoms. The van der Waals surface area contributed by atoms with Gasteiger partial charge in [0.2, 0.25) is 0 Å². The molecular weight excluding hydrogens is 352 g/mol. The summed E-state index contributed by atoms with van der Waals surface area (Å²) in [6.07, 6.45) is -0.733. The third-order valence-corrected chi connectivity index (χ3v) is 17.5. The van der Waals surface area contributed by atoms with Gasteiger partial charge in [0, 0.05) is 5.92 Å². The van der Waals surface area contributed by atoms with Crippen LogP contribution in [0.25, 0.3) is 0 Å². The molecular formula is C22H46O2Si2. The average molecular weight is 399 g/mol. The lowest BCUT2D eigenvalue weighted by Crippen LogP contribution is -2.47. The molecule has 0 spiro atoms. The summed E-state index contributed by atoms with van der Waals surface area (Å²) in [7, 11) is -3.64. The molecule has 0 aliphatic heterocycles. The molecule has 1 N–H and O–H groups in total.